The van der Waals surface area contributed by atoms with Gasteiger partial charge in [0.05, 0.1) is 4.88 Å². The summed E-state index contributed by atoms with van der Waals surface area (Å²) in [6, 6.07) is 11.1. The van der Waals surface area contributed by atoms with Crippen molar-refractivity contribution in [1.82, 2.24) is 15.5 Å². The van der Waals surface area contributed by atoms with Gasteiger partial charge in [-0.15, -0.1) is 11.3 Å². The number of nitrogens with zero attached hydrogens (tertiary/aromatic N) is 1. The number of hydrogen-bond acceptors (Lipinski definition) is 4. The molecule has 1 aromatic carbocycles. The maximum atomic E-state index is 12.7. The number of carbonyl (C=O) groups is 3. The minimum atomic E-state index is -0.0878. The van der Waals surface area contributed by atoms with Crippen LogP contribution >= 0.6 is 11.3 Å². The summed E-state index contributed by atoms with van der Waals surface area (Å²) in [7, 11) is 0. The van der Waals surface area contributed by atoms with Crippen molar-refractivity contribution >= 4 is 29.1 Å². The van der Waals surface area contributed by atoms with Crippen LogP contribution in [0.3, 0.4) is 0 Å². The Morgan fingerprint density at radius 2 is 1.62 bits per heavy atom. The van der Waals surface area contributed by atoms with Crippen molar-refractivity contribution in [3.05, 3.63) is 57.8 Å². The van der Waals surface area contributed by atoms with Crippen LogP contribution in [0.2, 0.25) is 0 Å². The third kappa shape index (κ3) is 5.76. The molecular formula is C25H31N3O3S. The normalized spacial score (nSPS) is 17.7. The van der Waals surface area contributed by atoms with E-state index in [0.717, 1.165) is 44.3 Å². The molecule has 2 fully saturated rings. The summed E-state index contributed by atoms with van der Waals surface area (Å²) >= 11 is 1.41. The van der Waals surface area contributed by atoms with Gasteiger partial charge in [0.15, 0.2) is 0 Å². The predicted octanol–water partition coefficient (Wildman–Crippen LogP) is 3.98. The molecule has 7 heteroatoms. The number of likely N-dealkylation sites (tertiary alicyclic amines) is 1. The van der Waals surface area contributed by atoms with Crippen LogP contribution in [0, 0.1) is 5.92 Å². The zero-order valence-corrected chi connectivity index (χ0v) is 19.2. The van der Waals surface area contributed by atoms with Crippen LogP contribution in [-0.4, -0.2) is 41.8 Å². The molecule has 2 aliphatic rings. The summed E-state index contributed by atoms with van der Waals surface area (Å²) in [4.78, 5) is 40.1. The third-order valence-electron chi connectivity index (χ3n) is 6.51. The van der Waals surface area contributed by atoms with Crippen molar-refractivity contribution in [2.45, 2.75) is 57.5 Å². The Kier molecular flexibility index (Phi) is 7.58. The fourth-order valence-electron chi connectivity index (χ4n) is 4.57. The largest absolute Gasteiger partial charge is 0.349 e. The average molecular weight is 454 g/mol. The molecule has 1 saturated heterocycles. The summed E-state index contributed by atoms with van der Waals surface area (Å²) in [5.74, 6) is 0.353. The average Bonchev–Trinajstić information content (AvgIpc) is 3.39. The Labute approximate surface area is 193 Å². The van der Waals surface area contributed by atoms with Gasteiger partial charge in [-0.3, -0.25) is 14.4 Å². The number of carbonyl (C=O) groups excluding carboxylic acids is 3. The van der Waals surface area contributed by atoms with Gasteiger partial charge in [-0.2, -0.15) is 0 Å². The molecule has 3 amide bonds. The lowest BCUT2D eigenvalue weighted by Crippen LogP contribution is -2.48. The first-order valence-corrected chi connectivity index (χ1v) is 12.5. The number of rotatable bonds is 6. The summed E-state index contributed by atoms with van der Waals surface area (Å²) in [5.41, 5.74) is 1.56. The van der Waals surface area contributed by atoms with Crippen molar-refractivity contribution in [2.24, 2.45) is 5.92 Å². The zero-order chi connectivity index (χ0) is 22.3. The third-order valence-corrected chi connectivity index (χ3v) is 7.38. The molecule has 6 nitrogen and oxygen atoms in total. The standard InChI is InChI=1S/C25H31N3O3S/c29-23(19-10-8-18(9-11-19)17-26-24(30)22-7-4-16-32-22)27-21-12-14-28(15-13-21)25(31)20-5-2-1-3-6-20/h4,7-11,16,20-21H,1-3,5-6,12-15,17H2,(H,26,30)(H,27,29). The molecule has 1 aliphatic carbocycles. The van der Waals surface area contributed by atoms with E-state index in [9.17, 15) is 14.4 Å². The first kappa shape index (κ1) is 22.5. The van der Waals surface area contributed by atoms with Gasteiger partial charge in [-0.05, 0) is 54.8 Å². The van der Waals surface area contributed by atoms with Gasteiger partial charge < -0.3 is 15.5 Å². The van der Waals surface area contributed by atoms with Crippen molar-refractivity contribution < 1.29 is 14.4 Å². The number of nitrogens with one attached hydrogen (secondary N) is 2. The van der Waals surface area contributed by atoms with Gasteiger partial charge in [0.2, 0.25) is 5.91 Å². The van der Waals surface area contributed by atoms with Crippen molar-refractivity contribution in [2.75, 3.05) is 13.1 Å². The first-order valence-electron chi connectivity index (χ1n) is 11.6. The molecule has 0 spiro atoms. The van der Waals surface area contributed by atoms with E-state index in [0.29, 0.717) is 22.9 Å². The van der Waals surface area contributed by atoms with Crippen molar-refractivity contribution in [1.29, 1.82) is 0 Å². The van der Waals surface area contributed by atoms with Crippen molar-refractivity contribution in [3.8, 4) is 0 Å². The molecule has 0 atom stereocenters. The van der Waals surface area contributed by atoms with Crippen molar-refractivity contribution in [3.63, 3.8) is 0 Å². The summed E-state index contributed by atoms with van der Waals surface area (Å²) in [6.07, 6.45) is 7.26. The Morgan fingerprint density at radius 3 is 2.28 bits per heavy atom. The minimum absolute atomic E-state index is 0.0868. The molecule has 4 rings (SSSR count). The van der Waals surface area contributed by atoms with Crippen LogP contribution < -0.4 is 10.6 Å². The van der Waals surface area contributed by atoms with E-state index in [2.05, 4.69) is 10.6 Å². The van der Waals surface area contributed by atoms with Gasteiger partial charge in [0.25, 0.3) is 11.8 Å². The lowest BCUT2D eigenvalue weighted by molar-refractivity contribution is -0.137. The number of benzene rings is 1. The number of thiophene rings is 1. The SMILES string of the molecule is O=C(NC1CCN(C(=O)C2CCCCC2)CC1)c1ccc(CNC(=O)c2cccs2)cc1. The summed E-state index contributed by atoms with van der Waals surface area (Å²) in [6.45, 7) is 1.87. The van der Waals surface area contributed by atoms with E-state index in [1.165, 1.54) is 30.6 Å². The van der Waals surface area contributed by atoms with Gasteiger partial charge in [-0.1, -0.05) is 37.5 Å². The van der Waals surface area contributed by atoms with E-state index in [4.69, 9.17) is 0 Å². The fourth-order valence-corrected chi connectivity index (χ4v) is 5.21. The molecule has 2 heterocycles. The van der Waals surface area contributed by atoms with E-state index in [-0.39, 0.29) is 23.8 Å². The molecule has 1 aliphatic heterocycles. The smallest absolute Gasteiger partial charge is 0.261 e. The highest BCUT2D eigenvalue weighted by atomic mass is 32.1. The van der Waals surface area contributed by atoms with Gasteiger partial charge in [0, 0.05) is 37.2 Å². The molecular weight excluding hydrogens is 422 g/mol. The van der Waals surface area contributed by atoms with Crippen LogP contribution in [0.25, 0.3) is 0 Å². The van der Waals surface area contributed by atoms with Crippen LogP contribution in [0.1, 0.15) is 70.5 Å². The molecule has 0 unspecified atom stereocenters. The predicted molar refractivity (Wildman–Crippen MR) is 126 cm³/mol. The molecule has 1 saturated carbocycles. The van der Waals surface area contributed by atoms with E-state index in [1.807, 2.05) is 28.5 Å². The van der Waals surface area contributed by atoms with Gasteiger partial charge in [0.1, 0.15) is 0 Å². The van der Waals surface area contributed by atoms with Crippen LogP contribution in [0.5, 0.6) is 0 Å². The number of piperidine rings is 1. The monoisotopic (exact) mass is 453 g/mol. The van der Waals surface area contributed by atoms with Crippen LogP contribution in [0.4, 0.5) is 0 Å². The first-order chi connectivity index (χ1) is 15.6. The highest BCUT2D eigenvalue weighted by Gasteiger charge is 2.29. The molecule has 0 bridgehead atoms. The fraction of sp³-hybridized carbons (Fsp3) is 0.480. The number of hydrogen-bond donors (Lipinski definition) is 2. The molecule has 32 heavy (non-hydrogen) atoms. The van der Waals surface area contributed by atoms with E-state index >= 15 is 0 Å². The van der Waals surface area contributed by atoms with E-state index < -0.39 is 0 Å². The minimum Gasteiger partial charge on any atom is -0.349 e. The molecule has 0 radical (unpaired) electrons. The summed E-state index contributed by atoms with van der Waals surface area (Å²) < 4.78 is 0. The second-order valence-corrected chi connectivity index (χ2v) is 9.71. The van der Waals surface area contributed by atoms with Gasteiger partial charge in [-0.25, -0.2) is 0 Å². The maximum Gasteiger partial charge on any atom is 0.261 e. The Bertz CT molecular complexity index is 912. The molecule has 170 valence electrons. The van der Waals surface area contributed by atoms with Crippen LogP contribution in [-0.2, 0) is 11.3 Å². The Balaban J connectivity index is 1.21. The maximum absolute atomic E-state index is 12.7. The zero-order valence-electron chi connectivity index (χ0n) is 18.3. The number of amides is 3. The van der Waals surface area contributed by atoms with Crippen LogP contribution in [0.15, 0.2) is 41.8 Å². The Hall–Kier alpha value is -2.67. The lowest BCUT2D eigenvalue weighted by Gasteiger charge is -2.35. The lowest BCUT2D eigenvalue weighted by atomic mass is 9.87. The highest BCUT2D eigenvalue weighted by Crippen LogP contribution is 2.26. The molecule has 1 aromatic heterocycles. The molecule has 2 aromatic rings. The van der Waals surface area contributed by atoms with E-state index in [1.54, 1.807) is 18.2 Å². The quantitative estimate of drug-likeness (QED) is 0.694. The summed E-state index contributed by atoms with van der Waals surface area (Å²) in [5, 5.41) is 7.88. The second kappa shape index (κ2) is 10.8. The Morgan fingerprint density at radius 1 is 0.906 bits per heavy atom. The van der Waals surface area contributed by atoms with Gasteiger partial charge >= 0.3 is 0 Å². The highest BCUT2D eigenvalue weighted by molar-refractivity contribution is 7.12. The second-order valence-electron chi connectivity index (χ2n) is 8.76. The molecule has 2 N–H and O–H groups in total. The topological polar surface area (TPSA) is 78.5 Å².